The molecule has 3 nitrogen and oxygen atoms in total. The molecule has 0 saturated carbocycles. The van der Waals surface area contributed by atoms with E-state index < -0.39 is 11.6 Å². The molecule has 1 aromatic carbocycles. The molecule has 2 N–H and O–H groups in total. The first-order valence-electron chi connectivity index (χ1n) is 5.57. The summed E-state index contributed by atoms with van der Waals surface area (Å²) in [5.74, 6) is -0.999. The number of benzene rings is 1. The maximum Gasteiger partial charge on any atom is 0.200 e. The molecule has 1 aromatic heterocycles. The van der Waals surface area contributed by atoms with Gasteiger partial charge in [0.1, 0.15) is 18.1 Å². The highest BCUT2D eigenvalue weighted by Crippen LogP contribution is 2.26. The van der Waals surface area contributed by atoms with E-state index in [9.17, 15) is 8.78 Å². The second kappa shape index (κ2) is 5.71. The summed E-state index contributed by atoms with van der Waals surface area (Å²) in [5.41, 5.74) is 6.39. The topological polar surface area (TPSA) is 48.4 Å². The highest BCUT2D eigenvalue weighted by Gasteiger charge is 2.13. The number of hydrogen-bond acceptors (Lipinski definition) is 3. The lowest BCUT2D eigenvalue weighted by Crippen LogP contribution is -1.98. The van der Waals surface area contributed by atoms with Gasteiger partial charge in [0, 0.05) is 4.47 Å². The number of hydrogen-bond donors (Lipinski definition) is 1. The first kappa shape index (κ1) is 14.0. The molecule has 1 heterocycles. The van der Waals surface area contributed by atoms with Crippen LogP contribution in [-0.4, -0.2) is 0 Å². The van der Waals surface area contributed by atoms with Gasteiger partial charge in [-0.15, -0.1) is 0 Å². The molecule has 0 aliphatic heterocycles. The third kappa shape index (κ3) is 3.13. The van der Waals surface area contributed by atoms with E-state index in [2.05, 4.69) is 15.9 Å². The number of ether oxygens (including phenoxy) is 1. The molecule has 102 valence electrons. The van der Waals surface area contributed by atoms with Gasteiger partial charge in [-0.05, 0) is 30.7 Å². The minimum absolute atomic E-state index is 0.00759. The largest absolute Gasteiger partial charge is 0.482 e. The van der Waals surface area contributed by atoms with Crippen LogP contribution >= 0.6 is 15.9 Å². The first-order chi connectivity index (χ1) is 9.01. The van der Waals surface area contributed by atoms with Crippen LogP contribution in [0.3, 0.4) is 0 Å². The Kier molecular flexibility index (Phi) is 4.21. The molecule has 0 aliphatic rings. The number of aryl methyl sites for hydroxylation is 1. The van der Waals surface area contributed by atoms with Crippen molar-refractivity contribution in [2.75, 3.05) is 0 Å². The van der Waals surface area contributed by atoms with Crippen molar-refractivity contribution in [2.45, 2.75) is 20.1 Å². The predicted octanol–water partition coefficient (Wildman–Crippen LogP) is 3.67. The number of rotatable bonds is 4. The minimum Gasteiger partial charge on any atom is -0.482 e. The molecule has 0 saturated heterocycles. The summed E-state index contributed by atoms with van der Waals surface area (Å²) in [4.78, 5) is 0. The van der Waals surface area contributed by atoms with E-state index in [1.807, 2.05) is 6.92 Å². The molecular formula is C13H12BrF2NO2. The fraction of sp³-hybridized carbons (Fsp3) is 0.231. The van der Waals surface area contributed by atoms with Crippen LogP contribution in [0.2, 0.25) is 0 Å². The molecule has 0 atom stereocenters. The third-order valence-corrected chi connectivity index (χ3v) is 3.04. The molecule has 0 unspecified atom stereocenters. The van der Waals surface area contributed by atoms with Gasteiger partial charge in [-0.25, -0.2) is 4.39 Å². The van der Waals surface area contributed by atoms with E-state index in [4.69, 9.17) is 14.9 Å². The summed E-state index contributed by atoms with van der Waals surface area (Å²) in [6.07, 6.45) is 0. The molecule has 19 heavy (non-hydrogen) atoms. The average Bonchev–Trinajstić information content (AvgIpc) is 2.72. The van der Waals surface area contributed by atoms with Crippen molar-refractivity contribution < 1.29 is 17.9 Å². The smallest absolute Gasteiger partial charge is 0.200 e. The SMILES string of the molecule is Cc1cc(COc2cc(Br)cc(F)c2F)oc1CN. The number of furan rings is 1. The zero-order chi connectivity index (χ0) is 14.0. The molecule has 0 radical (unpaired) electrons. The molecule has 0 bridgehead atoms. The molecule has 0 fully saturated rings. The Hall–Kier alpha value is -1.40. The van der Waals surface area contributed by atoms with E-state index in [1.54, 1.807) is 6.07 Å². The number of nitrogens with two attached hydrogens (primary N) is 1. The highest BCUT2D eigenvalue weighted by atomic mass is 79.9. The van der Waals surface area contributed by atoms with Crippen LogP contribution in [0.5, 0.6) is 5.75 Å². The van der Waals surface area contributed by atoms with Crippen LogP contribution in [0.1, 0.15) is 17.1 Å². The van der Waals surface area contributed by atoms with Gasteiger partial charge in [0.05, 0.1) is 6.54 Å². The lowest BCUT2D eigenvalue weighted by Gasteiger charge is -2.06. The minimum atomic E-state index is -1.02. The highest BCUT2D eigenvalue weighted by molar-refractivity contribution is 9.10. The summed E-state index contributed by atoms with van der Waals surface area (Å²) >= 11 is 3.07. The fourth-order valence-electron chi connectivity index (χ4n) is 1.65. The van der Waals surface area contributed by atoms with Gasteiger partial charge < -0.3 is 14.9 Å². The molecule has 0 amide bonds. The van der Waals surface area contributed by atoms with Crippen molar-refractivity contribution in [1.82, 2.24) is 0 Å². The lowest BCUT2D eigenvalue weighted by atomic mass is 10.2. The summed E-state index contributed by atoms with van der Waals surface area (Å²) in [6.45, 7) is 2.15. The first-order valence-corrected chi connectivity index (χ1v) is 6.36. The lowest BCUT2D eigenvalue weighted by molar-refractivity contribution is 0.251. The molecular weight excluding hydrogens is 320 g/mol. The van der Waals surface area contributed by atoms with Crippen LogP contribution in [0.25, 0.3) is 0 Å². The van der Waals surface area contributed by atoms with Crippen LogP contribution in [0.4, 0.5) is 8.78 Å². The van der Waals surface area contributed by atoms with Crippen molar-refractivity contribution in [2.24, 2.45) is 5.73 Å². The van der Waals surface area contributed by atoms with E-state index in [-0.39, 0.29) is 18.9 Å². The quantitative estimate of drug-likeness (QED) is 0.869. The van der Waals surface area contributed by atoms with Gasteiger partial charge in [0.15, 0.2) is 11.6 Å². The van der Waals surface area contributed by atoms with Gasteiger partial charge in [0.2, 0.25) is 5.82 Å². The van der Waals surface area contributed by atoms with Gasteiger partial charge in [0.25, 0.3) is 0 Å². The van der Waals surface area contributed by atoms with Gasteiger partial charge in [-0.3, -0.25) is 0 Å². The monoisotopic (exact) mass is 331 g/mol. The van der Waals surface area contributed by atoms with Crippen LogP contribution in [-0.2, 0) is 13.2 Å². The Labute approximate surface area is 117 Å². The van der Waals surface area contributed by atoms with Crippen molar-refractivity contribution in [3.05, 3.63) is 51.4 Å². The second-order valence-electron chi connectivity index (χ2n) is 4.01. The van der Waals surface area contributed by atoms with E-state index >= 15 is 0 Å². The van der Waals surface area contributed by atoms with Gasteiger partial charge in [-0.1, -0.05) is 15.9 Å². The zero-order valence-corrected chi connectivity index (χ0v) is 11.8. The van der Waals surface area contributed by atoms with E-state index in [1.165, 1.54) is 6.07 Å². The summed E-state index contributed by atoms with van der Waals surface area (Å²) in [7, 11) is 0. The Morgan fingerprint density at radius 1 is 1.32 bits per heavy atom. The van der Waals surface area contributed by atoms with Crippen LogP contribution in [0.15, 0.2) is 27.1 Å². The maximum absolute atomic E-state index is 13.5. The summed E-state index contributed by atoms with van der Waals surface area (Å²) < 4.78 is 37.7. The van der Waals surface area contributed by atoms with Gasteiger partial charge in [-0.2, -0.15) is 4.39 Å². The van der Waals surface area contributed by atoms with Crippen molar-refractivity contribution >= 4 is 15.9 Å². The molecule has 6 heteroatoms. The standard InChI is InChI=1S/C13H12BrF2NO2/c1-7-2-9(19-12(7)5-17)6-18-11-4-8(14)3-10(15)13(11)16/h2-4H,5-6,17H2,1H3. The van der Waals surface area contributed by atoms with Crippen LogP contribution < -0.4 is 10.5 Å². The Morgan fingerprint density at radius 2 is 2.05 bits per heavy atom. The second-order valence-corrected chi connectivity index (χ2v) is 4.93. The molecule has 2 aromatic rings. The Balaban J connectivity index is 2.14. The van der Waals surface area contributed by atoms with Gasteiger partial charge >= 0.3 is 0 Å². The molecule has 2 rings (SSSR count). The normalized spacial score (nSPS) is 10.8. The van der Waals surface area contributed by atoms with Crippen molar-refractivity contribution in [1.29, 1.82) is 0 Å². The molecule has 0 aliphatic carbocycles. The van der Waals surface area contributed by atoms with Crippen LogP contribution in [0, 0.1) is 18.6 Å². The third-order valence-electron chi connectivity index (χ3n) is 2.59. The van der Waals surface area contributed by atoms with E-state index in [0.717, 1.165) is 11.6 Å². The van der Waals surface area contributed by atoms with Crippen molar-refractivity contribution in [3.8, 4) is 5.75 Å². The average molecular weight is 332 g/mol. The van der Waals surface area contributed by atoms with Crippen molar-refractivity contribution in [3.63, 3.8) is 0 Å². The fourth-order valence-corrected chi connectivity index (χ4v) is 2.06. The Bertz CT molecular complexity index is 599. The molecule has 0 spiro atoms. The Morgan fingerprint density at radius 3 is 2.68 bits per heavy atom. The summed E-state index contributed by atoms with van der Waals surface area (Å²) in [6, 6.07) is 4.15. The predicted molar refractivity (Wildman–Crippen MR) is 69.7 cm³/mol. The number of halogens is 3. The summed E-state index contributed by atoms with van der Waals surface area (Å²) in [5, 5.41) is 0. The van der Waals surface area contributed by atoms with E-state index in [0.29, 0.717) is 16.0 Å². The maximum atomic E-state index is 13.5. The zero-order valence-electron chi connectivity index (χ0n) is 10.2.